The predicted octanol–water partition coefficient (Wildman–Crippen LogP) is 1.24. The fourth-order valence-electron chi connectivity index (χ4n) is 2.36. The summed E-state index contributed by atoms with van der Waals surface area (Å²) in [5, 5.41) is 7.16. The fourth-order valence-corrected chi connectivity index (χ4v) is 2.36. The molecule has 1 atom stereocenters. The molecule has 1 N–H and O–H groups in total. The molecule has 1 aliphatic heterocycles. The zero-order chi connectivity index (χ0) is 13.9. The molecular formula is C13H14N4O3. The molecular weight excluding hydrogens is 260 g/mol. The van der Waals surface area contributed by atoms with Crippen LogP contribution in [0.4, 0.5) is 5.69 Å². The number of nitrogens with zero attached hydrogens (tertiary/aromatic N) is 3. The Kier molecular flexibility index (Phi) is 3.24. The van der Waals surface area contributed by atoms with Gasteiger partial charge in [0.2, 0.25) is 0 Å². The number of hydrogen-bond donors (Lipinski definition) is 1. The molecule has 0 saturated carbocycles. The summed E-state index contributed by atoms with van der Waals surface area (Å²) in [5.41, 5.74) is 1.85. The lowest BCUT2D eigenvalue weighted by Crippen LogP contribution is -2.21. The lowest BCUT2D eigenvalue weighted by molar-refractivity contribution is 0.0770. The maximum Gasteiger partial charge on any atom is 0.439 e. The Bertz CT molecular complexity index is 663. The van der Waals surface area contributed by atoms with Gasteiger partial charge in [0.15, 0.2) is 5.82 Å². The second-order valence-corrected chi connectivity index (χ2v) is 4.59. The van der Waals surface area contributed by atoms with E-state index < -0.39 is 5.76 Å². The maximum atomic E-state index is 11.0. The molecule has 2 aromatic rings. The first kappa shape index (κ1) is 12.5. The average Bonchev–Trinajstić information content (AvgIpc) is 3.09. The summed E-state index contributed by atoms with van der Waals surface area (Å²) in [6.07, 6.45) is 0.979. The number of H-pyrrole nitrogens is 1. The van der Waals surface area contributed by atoms with Crippen LogP contribution in [0, 0.1) is 0 Å². The molecule has 7 heteroatoms. The van der Waals surface area contributed by atoms with Crippen molar-refractivity contribution < 1.29 is 9.36 Å². The minimum Gasteiger partial charge on any atom is -0.391 e. The van der Waals surface area contributed by atoms with Gasteiger partial charge in [0, 0.05) is 30.9 Å². The molecule has 1 aliphatic rings. The third kappa shape index (κ3) is 2.42. The predicted molar refractivity (Wildman–Crippen MR) is 73.8 cm³/mol. The number of aromatic amines is 1. The van der Waals surface area contributed by atoms with Crippen molar-refractivity contribution in [2.24, 2.45) is 5.16 Å². The van der Waals surface area contributed by atoms with Gasteiger partial charge in [-0.15, -0.1) is 5.16 Å². The van der Waals surface area contributed by atoms with Gasteiger partial charge in [0.1, 0.15) is 6.10 Å². The van der Waals surface area contributed by atoms with E-state index in [9.17, 15) is 4.79 Å². The van der Waals surface area contributed by atoms with Gasteiger partial charge in [-0.1, -0.05) is 17.3 Å². The minimum atomic E-state index is -0.558. The molecule has 0 radical (unpaired) electrons. The Morgan fingerprint density at radius 1 is 1.55 bits per heavy atom. The van der Waals surface area contributed by atoms with Gasteiger partial charge in [-0.25, -0.2) is 4.79 Å². The summed E-state index contributed by atoms with van der Waals surface area (Å²) in [6.45, 7) is 4.98. The molecule has 20 heavy (non-hydrogen) atoms. The van der Waals surface area contributed by atoms with Crippen LogP contribution in [-0.2, 0) is 4.84 Å². The zero-order valence-corrected chi connectivity index (χ0v) is 10.8. The molecule has 0 spiro atoms. The van der Waals surface area contributed by atoms with Gasteiger partial charge >= 0.3 is 5.76 Å². The first-order chi connectivity index (χ1) is 9.76. The average molecular weight is 274 g/mol. The number of benzene rings is 1. The summed E-state index contributed by atoms with van der Waals surface area (Å²) in [5.74, 6) is -0.131. The summed E-state index contributed by atoms with van der Waals surface area (Å²) < 4.78 is 4.52. The van der Waals surface area contributed by atoms with Crippen LogP contribution in [0.25, 0.3) is 11.4 Å². The van der Waals surface area contributed by atoms with Crippen LogP contribution in [-0.4, -0.2) is 36.1 Å². The number of rotatable bonds is 4. The number of nitrogens with one attached hydrogen (secondary N) is 1. The molecule has 1 aromatic heterocycles. The van der Waals surface area contributed by atoms with E-state index in [1.165, 1.54) is 0 Å². The van der Waals surface area contributed by atoms with Crippen molar-refractivity contribution in [1.29, 1.82) is 0 Å². The lowest BCUT2D eigenvalue weighted by atomic mass is 10.2. The van der Waals surface area contributed by atoms with E-state index in [-0.39, 0.29) is 6.10 Å². The van der Waals surface area contributed by atoms with Crippen LogP contribution in [0.1, 0.15) is 6.42 Å². The maximum absolute atomic E-state index is 11.0. The minimum absolute atomic E-state index is 0.0722. The first-order valence-electron chi connectivity index (χ1n) is 6.29. The highest BCUT2D eigenvalue weighted by Crippen LogP contribution is 2.25. The molecule has 1 fully saturated rings. The quantitative estimate of drug-likeness (QED) is 0.670. The number of hydrogen-bond acceptors (Lipinski definition) is 6. The van der Waals surface area contributed by atoms with Crippen LogP contribution in [0.15, 0.2) is 38.7 Å². The lowest BCUT2D eigenvalue weighted by Gasteiger charge is -2.18. The highest BCUT2D eigenvalue weighted by Gasteiger charge is 2.24. The van der Waals surface area contributed by atoms with Gasteiger partial charge in [0.05, 0.1) is 6.54 Å². The van der Waals surface area contributed by atoms with Gasteiger partial charge < -0.3 is 9.74 Å². The van der Waals surface area contributed by atoms with Gasteiger partial charge in [-0.05, 0) is 12.1 Å². The van der Waals surface area contributed by atoms with E-state index in [4.69, 9.17) is 4.84 Å². The van der Waals surface area contributed by atoms with Crippen LogP contribution in [0.3, 0.4) is 0 Å². The topological polar surface area (TPSA) is 83.7 Å². The van der Waals surface area contributed by atoms with Crippen molar-refractivity contribution in [3.63, 3.8) is 0 Å². The van der Waals surface area contributed by atoms with Crippen molar-refractivity contribution in [3.8, 4) is 11.4 Å². The molecule has 1 aromatic carbocycles. The smallest absolute Gasteiger partial charge is 0.391 e. The largest absolute Gasteiger partial charge is 0.439 e. The van der Waals surface area contributed by atoms with Crippen molar-refractivity contribution >= 4 is 12.4 Å². The van der Waals surface area contributed by atoms with E-state index >= 15 is 0 Å². The number of anilines is 1. The van der Waals surface area contributed by atoms with E-state index in [1.54, 1.807) is 0 Å². The highest BCUT2D eigenvalue weighted by atomic mass is 16.6. The number of oxime groups is 1. The van der Waals surface area contributed by atoms with E-state index in [0.717, 1.165) is 30.8 Å². The standard InChI is InChI=1S/C13H14N4O3/c1-14-19-11-5-6-17(8-11)10-4-2-3-9(7-10)12-15-13(18)20-16-12/h2-4,7,11H,1,5-6,8H2,(H,15,16,18)/t11-/m1/s1. The SMILES string of the molecule is C=NO[C@@H]1CCN(c2cccc(-c3noc(=O)[nH]3)c2)C1. The highest BCUT2D eigenvalue weighted by molar-refractivity contribution is 5.63. The third-order valence-electron chi connectivity index (χ3n) is 3.29. The first-order valence-corrected chi connectivity index (χ1v) is 6.29. The van der Waals surface area contributed by atoms with Gasteiger partial charge in [0.25, 0.3) is 0 Å². The van der Waals surface area contributed by atoms with Gasteiger partial charge in [-0.2, -0.15) is 0 Å². The van der Waals surface area contributed by atoms with Crippen LogP contribution < -0.4 is 10.7 Å². The van der Waals surface area contributed by atoms with Crippen molar-refractivity contribution in [1.82, 2.24) is 10.1 Å². The Hall–Kier alpha value is -2.57. The summed E-state index contributed by atoms with van der Waals surface area (Å²) in [6, 6.07) is 7.74. The van der Waals surface area contributed by atoms with Gasteiger partial charge in [-0.3, -0.25) is 9.51 Å². The second kappa shape index (κ2) is 5.20. The zero-order valence-electron chi connectivity index (χ0n) is 10.8. The van der Waals surface area contributed by atoms with Crippen LogP contribution in [0.5, 0.6) is 0 Å². The van der Waals surface area contributed by atoms with Crippen molar-refractivity contribution in [2.45, 2.75) is 12.5 Å². The van der Waals surface area contributed by atoms with E-state index in [1.807, 2.05) is 24.3 Å². The third-order valence-corrected chi connectivity index (χ3v) is 3.29. The summed E-state index contributed by atoms with van der Waals surface area (Å²) >= 11 is 0. The Morgan fingerprint density at radius 3 is 3.20 bits per heavy atom. The Morgan fingerprint density at radius 2 is 2.45 bits per heavy atom. The van der Waals surface area contributed by atoms with Crippen LogP contribution in [0.2, 0.25) is 0 Å². The molecule has 7 nitrogen and oxygen atoms in total. The normalized spacial score (nSPS) is 18.2. The molecule has 0 aliphatic carbocycles. The molecule has 104 valence electrons. The molecule has 3 rings (SSSR count). The molecule has 0 unspecified atom stereocenters. The summed E-state index contributed by atoms with van der Waals surface area (Å²) in [7, 11) is 0. The monoisotopic (exact) mass is 274 g/mol. The molecule has 1 saturated heterocycles. The fraction of sp³-hybridized carbons (Fsp3) is 0.308. The number of aromatic nitrogens is 2. The molecule has 0 amide bonds. The molecule has 0 bridgehead atoms. The summed E-state index contributed by atoms with van der Waals surface area (Å²) in [4.78, 5) is 20.9. The van der Waals surface area contributed by atoms with Crippen molar-refractivity contribution in [2.75, 3.05) is 18.0 Å². The molecule has 2 heterocycles. The van der Waals surface area contributed by atoms with Crippen LogP contribution >= 0.6 is 0 Å². The Balaban J connectivity index is 1.81. The van der Waals surface area contributed by atoms with E-state index in [0.29, 0.717) is 5.82 Å². The van der Waals surface area contributed by atoms with Crippen molar-refractivity contribution in [3.05, 3.63) is 34.8 Å². The Labute approximate surface area is 114 Å². The van der Waals surface area contributed by atoms with E-state index in [2.05, 4.69) is 31.4 Å². The second-order valence-electron chi connectivity index (χ2n) is 4.59.